The van der Waals surface area contributed by atoms with E-state index < -0.39 is 0 Å². The van der Waals surface area contributed by atoms with Gasteiger partial charge in [0.2, 0.25) is 5.89 Å². The highest BCUT2D eigenvalue weighted by molar-refractivity contribution is 5.71. The molecule has 7 heteroatoms. The average Bonchev–Trinajstić information content (AvgIpc) is 2.84. The fourth-order valence-electron chi connectivity index (χ4n) is 1.69. The number of nitrogens with zero attached hydrogens (tertiary/aromatic N) is 5. The van der Waals surface area contributed by atoms with E-state index in [2.05, 4.69) is 30.4 Å². The maximum atomic E-state index is 5.03. The maximum Gasteiger partial charge on any atom is 0.228 e. The van der Waals surface area contributed by atoms with Gasteiger partial charge < -0.3 is 9.84 Å². The van der Waals surface area contributed by atoms with Crippen molar-refractivity contribution >= 4 is 17.0 Å². The van der Waals surface area contributed by atoms with Crippen molar-refractivity contribution in [2.45, 2.75) is 13.3 Å². The molecule has 0 saturated carbocycles. The summed E-state index contributed by atoms with van der Waals surface area (Å²) in [5.41, 5.74) is 1.40. The fraction of sp³-hybridized carbons (Fsp3) is 0.250. The Labute approximate surface area is 109 Å². The third-order valence-electron chi connectivity index (χ3n) is 2.55. The molecule has 96 valence electrons. The number of fused-ring (bicyclic) bond motifs is 1. The van der Waals surface area contributed by atoms with Crippen molar-refractivity contribution in [1.82, 2.24) is 25.1 Å². The van der Waals surface area contributed by atoms with E-state index >= 15 is 0 Å². The Hall–Kier alpha value is -2.57. The Balaban J connectivity index is 1.65. The predicted octanol–water partition coefficient (Wildman–Crippen LogP) is 1.37. The van der Waals surface area contributed by atoms with Crippen LogP contribution in [0.25, 0.3) is 11.2 Å². The minimum absolute atomic E-state index is 0.616. The molecule has 0 saturated heterocycles. The summed E-state index contributed by atoms with van der Waals surface area (Å²) < 4.78 is 5.03. The van der Waals surface area contributed by atoms with Gasteiger partial charge in [0, 0.05) is 25.4 Å². The van der Waals surface area contributed by atoms with Crippen molar-refractivity contribution < 1.29 is 4.52 Å². The summed E-state index contributed by atoms with van der Waals surface area (Å²) in [4.78, 5) is 16.8. The molecule has 0 aliphatic carbocycles. The van der Waals surface area contributed by atoms with Crippen LogP contribution in [0, 0.1) is 6.92 Å². The molecule has 0 bridgehead atoms. The van der Waals surface area contributed by atoms with Crippen molar-refractivity contribution in [2.75, 3.05) is 11.9 Å². The molecule has 0 radical (unpaired) electrons. The van der Waals surface area contributed by atoms with E-state index in [1.54, 1.807) is 19.3 Å². The van der Waals surface area contributed by atoms with Gasteiger partial charge in [-0.1, -0.05) is 5.16 Å². The van der Waals surface area contributed by atoms with Crippen LogP contribution in [0.4, 0.5) is 5.82 Å². The summed E-state index contributed by atoms with van der Waals surface area (Å²) in [6.45, 7) is 2.46. The standard InChI is InChI=1S/C12H12N6O/c1-8-16-11(19-18-8)4-5-14-10-3-2-9-12(17-10)15-7-6-13-9/h2-3,6-7H,4-5H2,1H3,(H,14,15,17). The molecule has 0 aromatic carbocycles. The smallest absolute Gasteiger partial charge is 0.228 e. The minimum Gasteiger partial charge on any atom is -0.369 e. The SMILES string of the molecule is Cc1noc(CCNc2ccc3nccnc3n2)n1. The molecule has 1 N–H and O–H groups in total. The Morgan fingerprint density at radius 3 is 2.89 bits per heavy atom. The van der Waals surface area contributed by atoms with Crippen LogP contribution < -0.4 is 5.32 Å². The van der Waals surface area contributed by atoms with E-state index in [9.17, 15) is 0 Å². The second-order valence-corrected chi connectivity index (χ2v) is 4.01. The van der Waals surface area contributed by atoms with E-state index in [-0.39, 0.29) is 0 Å². The Kier molecular flexibility index (Phi) is 3.01. The van der Waals surface area contributed by atoms with E-state index in [4.69, 9.17) is 4.52 Å². The fourth-order valence-corrected chi connectivity index (χ4v) is 1.69. The molecule has 3 aromatic rings. The largest absolute Gasteiger partial charge is 0.369 e. The van der Waals surface area contributed by atoms with Gasteiger partial charge in [-0.2, -0.15) is 4.98 Å². The Bertz CT molecular complexity index is 695. The Morgan fingerprint density at radius 2 is 2.05 bits per heavy atom. The van der Waals surface area contributed by atoms with Gasteiger partial charge in [0.05, 0.1) is 0 Å². The lowest BCUT2D eigenvalue weighted by atomic mass is 10.3. The summed E-state index contributed by atoms with van der Waals surface area (Å²) >= 11 is 0. The zero-order valence-electron chi connectivity index (χ0n) is 10.4. The summed E-state index contributed by atoms with van der Waals surface area (Å²) in [6.07, 6.45) is 3.93. The van der Waals surface area contributed by atoms with Crippen molar-refractivity contribution in [3.05, 3.63) is 36.2 Å². The lowest BCUT2D eigenvalue weighted by molar-refractivity contribution is 0.377. The first-order valence-corrected chi connectivity index (χ1v) is 5.92. The van der Waals surface area contributed by atoms with Crippen molar-refractivity contribution in [2.24, 2.45) is 0 Å². The number of nitrogens with one attached hydrogen (secondary N) is 1. The maximum absolute atomic E-state index is 5.03. The number of hydrogen-bond acceptors (Lipinski definition) is 7. The lowest BCUT2D eigenvalue weighted by Gasteiger charge is -2.03. The molecule has 3 heterocycles. The highest BCUT2D eigenvalue weighted by atomic mass is 16.5. The van der Waals surface area contributed by atoms with E-state index in [0.717, 1.165) is 11.3 Å². The van der Waals surface area contributed by atoms with Crippen LogP contribution in [0.15, 0.2) is 29.0 Å². The summed E-state index contributed by atoms with van der Waals surface area (Å²) in [5, 5.41) is 6.92. The predicted molar refractivity (Wildman–Crippen MR) is 68.6 cm³/mol. The van der Waals surface area contributed by atoms with Gasteiger partial charge in [-0.25, -0.2) is 9.97 Å². The Morgan fingerprint density at radius 1 is 1.16 bits per heavy atom. The first kappa shape index (κ1) is 11.5. The molecule has 0 unspecified atom stereocenters. The summed E-state index contributed by atoms with van der Waals surface area (Å²) in [5.74, 6) is 2.02. The van der Waals surface area contributed by atoms with Crippen LogP contribution in [-0.4, -0.2) is 31.6 Å². The van der Waals surface area contributed by atoms with E-state index in [0.29, 0.717) is 30.3 Å². The van der Waals surface area contributed by atoms with E-state index in [1.165, 1.54) is 0 Å². The van der Waals surface area contributed by atoms with Crippen LogP contribution >= 0.6 is 0 Å². The number of hydrogen-bond donors (Lipinski definition) is 1. The molecule has 0 aliphatic rings. The minimum atomic E-state index is 0.616. The van der Waals surface area contributed by atoms with Crippen molar-refractivity contribution in [3.8, 4) is 0 Å². The van der Waals surface area contributed by atoms with Crippen LogP contribution in [-0.2, 0) is 6.42 Å². The number of rotatable bonds is 4. The highest BCUT2D eigenvalue weighted by Crippen LogP contribution is 2.10. The number of aryl methyl sites for hydroxylation is 1. The normalized spacial score (nSPS) is 10.8. The molecule has 0 aliphatic heterocycles. The summed E-state index contributed by atoms with van der Waals surface area (Å²) in [6, 6.07) is 3.75. The molecular weight excluding hydrogens is 244 g/mol. The van der Waals surface area contributed by atoms with Crippen molar-refractivity contribution in [1.29, 1.82) is 0 Å². The average molecular weight is 256 g/mol. The van der Waals surface area contributed by atoms with Gasteiger partial charge in [-0.05, 0) is 19.1 Å². The molecule has 0 spiro atoms. The summed E-state index contributed by atoms with van der Waals surface area (Å²) in [7, 11) is 0. The third-order valence-corrected chi connectivity index (χ3v) is 2.55. The second-order valence-electron chi connectivity index (χ2n) is 4.01. The highest BCUT2D eigenvalue weighted by Gasteiger charge is 2.03. The molecule has 0 atom stereocenters. The first-order chi connectivity index (χ1) is 9.31. The number of pyridine rings is 1. The van der Waals surface area contributed by atoms with Crippen LogP contribution in [0.3, 0.4) is 0 Å². The molecule has 3 rings (SSSR count). The van der Waals surface area contributed by atoms with Crippen molar-refractivity contribution in [3.63, 3.8) is 0 Å². The molecule has 3 aromatic heterocycles. The lowest BCUT2D eigenvalue weighted by Crippen LogP contribution is -2.06. The van der Waals surface area contributed by atoms with Gasteiger partial charge in [0.25, 0.3) is 0 Å². The topological polar surface area (TPSA) is 89.6 Å². The van der Waals surface area contributed by atoms with Gasteiger partial charge in [0.15, 0.2) is 11.5 Å². The molecule has 0 fully saturated rings. The number of aromatic nitrogens is 5. The molecule has 0 amide bonds. The van der Waals surface area contributed by atoms with Crippen LogP contribution in [0.5, 0.6) is 0 Å². The zero-order valence-corrected chi connectivity index (χ0v) is 10.4. The molecular formula is C12H12N6O. The monoisotopic (exact) mass is 256 g/mol. The molecule has 7 nitrogen and oxygen atoms in total. The first-order valence-electron chi connectivity index (χ1n) is 5.92. The third kappa shape index (κ3) is 2.65. The van der Waals surface area contributed by atoms with E-state index in [1.807, 2.05) is 12.1 Å². The van der Waals surface area contributed by atoms with Gasteiger partial charge in [-0.3, -0.25) is 4.98 Å². The number of anilines is 1. The van der Waals surface area contributed by atoms with Crippen LogP contribution in [0.1, 0.15) is 11.7 Å². The van der Waals surface area contributed by atoms with Gasteiger partial charge in [-0.15, -0.1) is 0 Å². The van der Waals surface area contributed by atoms with Gasteiger partial charge >= 0.3 is 0 Å². The van der Waals surface area contributed by atoms with Gasteiger partial charge in [0.1, 0.15) is 11.3 Å². The van der Waals surface area contributed by atoms with Crippen LogP contribution in [0.2, 0.25) is 0 Å². The zero-order chi connectivity index (χ0) is 13.1. The second kappa shape index (κ2) is 4.97. The molecule has 19 heavy (non-hydrogen) atoms. The quantitative estimate of drug-likeness (QED) is 0.753.